The van der Waals surface area contributed by atoms with Gasteiger partial charge in [0.15, 0.2) is 23.0 Å². The Morgan fingerprint density at radius 2 is 1.97 bits per heavy atom. The lowest BCUT2D eigenvalue weighted by Crippen LogP contribution is -2.08. The molecule has 5 aromatic rings. The summed E-state index contributed by atoms with van der Waals surface area (Å²) < 4.78 is 9.14. The summed E-state index contributed by atoms with van der Waals surface area (Å²) in [5, 5.41) is 19.7. The van der Waals surface area contributed by atoms with Gasteiger partial charge in [0.2, 0.25) is 0 Å². The van der Waals surface area contributed by atoms with E-state index in [1.807, 2.05) is 39.2 Å². The van der Waals surface area contributed by atoms with Gasteiger partial charge in [-0.25, -0.2) is 14.2 Å². The molecule has 0 aliphatic carbocycles. The molecule has 0 saturated heterocycles. The minimum atomic E-state index is -0.187. The molecule has 0 atom stereocenters. The number of imidazole rings is 1. The summed E-state index contributed by atoms with van der Waals surface area (Å²) >= 11 is 0. The highest BCUT2D eigenvalue weighted by Gasteiger charge is 2.20. The number of hydrogen-bond donors (Lipinski definition) is 2. The molecule has 4 aromatic heterocycles. The monoisotopic (exact) mass is 483 g/mol. The first kappa shape index (κ1) is 23.0. The Morgan fingerprint density at radius 3 is 2.67 bits per heavy atom. The van der Waals surface area contributed by atoms with Crippen LogP contribution >= 0.6 is 0 Å². The Bertz CT molecular complexity index is 1540. The third-order valence-corrected chi connectivity index (χ3v) is 5.69. The summed E-state index contributed by atoms with van der Waals surface area (Å²) in [6.45, 7) is 4.07. The predicted molar refractivity (Wildman–Crippen MR) is 136 cm³/mol. The topological polar surface area (TPSA) is 124 Å². The van der Waals surface area contributed by atoms with Gasteiger partial charge in [-0.1, -0.05) is 11.3 Å². The van der Waals surface area contributed by atoms with Crippen LogP contribution in [0.1, 0.15) is 35.8 Å². The molecule has 11 nitrogen and oxygen atoms in total. The number of carbonyl (C=O) groups is 1. The minimum absolute atomic E-state index is 0.178. The molecule has 0 radical (unpaired) electrons. The van der Waals surface area contributed by atoms with E-state index in [9.17, 15) is 4.79 Å². The summed E-state index contributed by atoms with van der Waals surface area (Å²) in [6.07, 6.45) is 6.74. The average molecular weight is 484 g/mol. The molecule has 0 fully saturated rings. The van der Waals surface area contributed by atoms with Gasteiger partial charge in [0.1, 0.15) is 11.4 Å². The van der Waals surface area contributed by atoms with Crippen molar-refractivity contribution in [3.05, 3.63) is 72.3 Å². The molecule has 0 amide bonds. The smallest absolute Gasteiger partial charge is 0.198 e. The number of aromatic nitrogens is 7. The average Bonchev–Trinajstić information content (AvgIpc) is 3.56. The van der Waals surface area contributed by atoms with Crippen LogP contribution in [-0.2, 0) is 0 Å². The fourth-order valence-corrected chi connectivity index (χ4v) is 3.86. The Kier molecular flexibility index (Phi) is 6.03. The molecule has 0 aliphatic heterocycles. The number of fused-ring (bicyclic) bond motifs is 1. The van der Waals surface area contributed by atoms with E-state index in [1.165, 1.54) is 13.3 Å². The number of hydrogen-bond acceptors (Lipinski definition) is 9. The van der Waals surface area contributed by atoms with Crippen molar-refractivity contribution < 1.29 is 9.53 Å². The van der Waals surface area contributed by atoms with Crippen molar-refractivity contribution >= 4 is 28.6 Å². The van der Waals surface area contributed by atoms with Crippen LogP contribution in [0.4, 0.5) is 17.2 Å². The van der Waals surface area contributed by atoms with Gasteiger partial charge < -0.3 is 15.4 Å². The molecule has 0 bridgehead atoms. The summed E-state index contributed by atoms with van der Waals surface area (Å²) in [6, 6.07) is 10.8. The highest BCUT2D eigenvalue weighted by molar-refractivity contribution is 6.11. The quantitative estimate of drug-likeness (QED) is 0.315. The van der Waals surface area contributed by atoms with Crippen LogP contribution in [-0.4, -0.2) is 54.5 Å². The van der Waals surface area contributed by atoms with Gasteiger partial charge in [0, 0.05) is 37.1 Å². The molecule has 2 N–H and O–H groups in total. The molecule has 182 valence electrons. The Morgan fingerprint density at radius 1 is 1.11 bits per heavy atom. The van der Waals surface area contributed by atoms with E-state index >= 15 is 0 Å². The third kappa shape index (κ3) is 4.11. The highest BCUT2D eigenvalue weighted by atomic mass is 16.5. The second-order valence-corrected chi connectivity index (χ2v) is 8.33. The molecule has 0 aliphatic rings. The molecule has 1 aromatic carbocycles. The maximum atomic E-state index is 13.1. The van der Waals surface area contributed by atoms with Crippen molar-refractivity contribution in [1.82, 2.24) is 34.6 Å². The number of ether oxygens (including phenoxy) is 1. The lowest BCUT2D eigenvalue weighted by atomic mass is 10.0. The highest BCUT2D eigenvalue weighted by Crippen LogP contribution is 2.33. The zero-order valence-electron chi connectivity index (χ0n) is 20.3. The van der Waals surface area contributed by atoms with Gasteiger partial charge in [0.05, 0.1) is 36.4 Å². The number of rotatable bonds is 8. The van der Waals surface area contributed by atoms with Crippen LogP contribution in [0.2, 0.25) is 0 Å². The predicted octanol–water partition coefficient (Wildman–Crippen LogP) is 3.99. The molecular formula is C25H25N9O2. The fourth-order valence-electron chi connectivity index (χ4n) is 3.86. The number of benzene rings is 1. The number of pyridine rings is 1. The van der Waals surface area contributed by atoms with Gasteiger partial charge in [-0.3, -0.25) is 9.78 Å². The number of carbonyl (C=O) groups excluding carboxylic acids is 1. The lowest BCUT2D eigenvalue weighted by Gasteiger charge is -2.15. The molecule has 5 rings (SSSR count). The second kappa shape index (κ2) is 9.45. The van der Waals surface area contributed by atoms with Crippen molar-refractivity contribution in [2.45, 2.75) is 19.9 Å². The normalized spacial score (nSPS) is 11.1. The minimum Gasteiger partial charge on any atom is -0.494 e. The van der Waals surface area contributed by atoms with Crippen LogP contribution in [0.15, 0.2) is 61.2 Å². The molecule has 0 spiro atoms. The maximum absolute atomic E-state index is 13.1. The van der Waals surface area contributed by atoms with Crippen molar-refractivity contribution in [1.29, 1.82) is 0 Å². The van der Waals surface area contributed by atoms with Gasteiger partial charge in [-0.2, -0.15) is 0 Å². The van der Waals surface area contributed by atoms with E-state index in [0.29, 0.717) is 45.4 Å². The number of anilines is 3. The standard InChI is InChI=1S/C25H25N9O2/c1-15(2)33-14-20(30-32-33)21-13-28-25-19(26-3)11-22(31-34(21)25)29-18-9-5-8-17(24(18)36-4)23(35)16-7-6-10-27-12-16/h5-15,26H,1-4H3,(H,29,31). The van der Waals surface area contributed by atoms with Crippen molar-refractivity contribution in [2.75, 3.05) is 24.8 Å². The summed E-state index contributed by atoms with van der Waals surface area (Å²) in [7, 11) is 3.35. The van der Waals surface area contributed by atoms with Crippen molar-refractivity contribution in [3.8, 4) is 17.1 Å². The number of nitrogens with one attached hydrogen (secondary N) is 2. The van der Waals surface area contributed by atoms with Crippen LogP contribution < -0.4 is 15.4 Å². The SMILES string of the molecule is CNc1cc(Nc2cccc(C(=O)c3cccnc3)c2OC)nn2c(-c3cn(C(C)C)nn3)cnc12. The zero-order valence-corrected chi connectivity index (χ0v) is 20.3. The molecule has 0 unspecified atom stereocenters. The second-order valence-electron chi connectivity index (χ2n) is 8.33. The number of nitrogens with zero attached hydrogens (tertiary/aromatic N) is 7. The van der Waals surface area contributed by atoms with E-state index in [2.05, 4.69) is 30.9 Å². The van der Waals surface area contributed by atoms with Gasteiger partial charge in [-0.05, 0) is 38.1 Å². The molecular weight excluding hydrogens is 458 g/mol. The summed E-state index contributed by atoms with van der Waals surface area (Å²) in [5.74, 6) is 0.740. The largest absolute Gasteiger partial charge is 0.494 e. The van der Waals surface area contributed by atoms with Gasteiger partial charge in [-0.15, -0.1) is 10.2 Å². The third-order valence-electron chi connectivity index (χ3n) is 5.69. The summed E-state index contributed by atoms with van der Waals surface area (Å²) in [4.78, 5) is 21.7. The maximum Gasteiger partial charge on any atom is 0.198 e. The first-order valence-corrected chi connectivity index (χ1v) is 11.4. The summed E-state index contributed by atoms with van der Waals surface area (Å²) in [5.41, 5.74) is 4.24. The first-order valence-electron chi connectivity index (χ1n) is 11.4. The first-order chi connectivity index (χ1) is 17.5. The van der Waals surface area contributed by atoms with Crippen LogP contribution in [0.3, 0.4) is 0 Å². The molecule has 0 saturated carbocycles. The fraction of sp³-hybridized carbons (Fsp3) is 0.200. The zero-order chi connectivity index (χ0) is 25.2. The molecule has 4 heterocycles. The Labute approximate surface area is 207 Å². The van der Waals surface area contributed by atoms with E-state index in [4.69, 9.17) is 9.84 Å². The number of para-hydroxylation sites is 1. The van der Waals surface area contributed by atoms with E-state index in [1.54, 1.807) is 45.9 Å². The Hall–Kier alpha value is -4.80. The lowest BCUT2D eigenvalue weighted by molar-refractivity contribution is 0.103. The molecule has 11 heteroatoms. The van der Waals surface area contributed by atoms with Crippen molar-refractivity contribution in [3.63, 3.8) is 0 Å². The van der Waals surface area contributed by atoms with E-state index < -0.39 is 0 Å². The van der Waals surface area contributed by atoms with Crippen LogP contribution in [0.25, 0.3) is 17.0 Å². The van der Waals surface area contributed by atoms with Crippen LogP contribution in [0, 0.1) is 0 Å². The number of methoxy groups -OCH3 is 1. The van der Waals surface area contributed by atoms with E-state index in [-0.39, 0.29) is 11.8 Å². The van der Waals surface area contributed by atoms with E-state index in [0.717, 1.165) is 5.69 Å². The Balaban J connectivity index is 1.56. The van der Waals surface area contributed by atoms with Crippen molar-refractivity contribution in [2.24, 2.45) is 0 Å². The number of ketones is 1. The van der Waals surface area contributed by atoms with Gasteiger partial charge in [0.25, 0.3) is 0 Å². The molecule has 36 heavy (non-hydrogen) atoms. The van der Waals surface area contributed by atoms with Gasteiger partial charge >= 0.3 is 0 Å². The van der Waals surface area contributed by atoms with Crippen LogP contribution in [0.5, 0.6) is 5.75 Å².